The van der Waals surface area contributed by atoms with Crippen LogP contribution >= 0.6 is 23.2 Å². The molecule has 1 aliphatic rings. The molecule has 3 rings (SSSR count). The molecule has 0 unspecified atom stereocenters. The molecule has 1 fully saturated rings. The van der Waals surface area contributed by atoms with E-state index in [1.54, 1.807) is 36.4 Å². The Labute approximate surface area is 180 Å². The predicted molar refractivity (Wildman–Crippen MR) is 113 cm³/mol. The molecule has 2 aromatic rings. The van der Waals surface area contributed by atoms with Crippen molar-refractivity contribution in [1.29, 1.82) is 0 Å². The first-order valence-electron chi connectivity index (χ1n) is 9.54. The molecule has 1 aliphatic carbocycles. The van der Waals surface area contributed by atoms with E-state index in [-0.39, 0.29) is 12.5 Å². The van der Waals surface area contributed by atoms with Gasteiger partial charge in [-0.15, -0.1) is 0 Å². The second-order valence-corrected chi connectivity index (χ2v) is 8.25. The summed E-state index contributed by atoms with van der Waals surface area (Å²) in [6, 6.07) is 10.3. The smallest absolute Gasteiger partial charge is 0.329 e. The fourth-order valence-corrected chi connectivity index (χ4v) is 4.05. The van der Waals surface area contributed by atoms with Crippen molar-refractivity contribution in [2.24, 2.45) is 0 Å². The maximum Gasteiger partial charge on any atom is 0.329 e. The molecule has 7 heteroatoms. The quantitative estimate of drug-likeness (QED) is 0.636. The molecule has 0 atom stereocenters. The minimum atomic E-state index is -1.18. The Morgan fingerprint density at radius 1 is 1.10 bits per heavy atom. The number of hydrogen-bond acceptors (Lipinski definition) is 3. The average Bonchev–Trinajstić information content (AvgIpc) is 2.68. The van der Waals surface area contributed by atoms with E-state index in [4.69, 9.17) is 27.9 Å². The summed E-state index contributed by atoms with van der Waals surface area (Å²) in [5.41, 5.74) is 0.809. The van der Waals surface area contributed by atoms with Gasteiger partial charge in [-0.05, 0) is 55.7 Å². The van der Waals surface area contributed by atoms with Crippen LogP contribution in [-0.2, 0) is 11.4 Å². The maximum absolute atomic E-state index is 12.7. The highest BCUT2D eigenvalue weighted by Crippen LogP contribution is 2.29. The van der Waals surface area contributed by atoms with Crippen LogP contribution in [0.4, 0.5) is 0 Å². The number of rotatable bonds is 6. The van der Waals surface area contributed by atoms with Crippen LogP contribution in [0.15, 0.2) is 36.4 Å². The Bertz CT molecular complexity index is 923. The molecule has 1 saturated carbocycles. The molecule has 0 heterocycles. The Morgan fingerprint density at radius 2 is 1.83 bits per heavy atom. The van der Waals surface area contributed by atoms with Gasteiger partial charge in [-0.1, -0.05) is 48.5 Å². The van der Waals surface area contributed by atoms with Crippen molar-refractivity contribution >= 4 is 35.1 Å². The van der Waals surface area contributed by atoms with Crippen LogP contribution in [0.2, 0.25) is 10.0 Å². The summed E-state index contributed by atoms with van der Waals surface area (Å²) in [5.74, 6) is -0.732. The van der Waals surface area contributed by atoms with Crippen LogP contribution in [0.25, 0.3) is 0 Å². The standard InChI is InChI=1S/C22H23Cl2NO4/c1-14-11-15(20(26)25-22(21(27)28)9-3-2-4-10-22)6-8-19(14)29-13-16-5-7-17(23)12-18(16)24/h5-8,11-12H,2-4,9-10,13H2,1H3,(H,25,26)(H,27,28). The number of hydrogen-bond donors (Lipinski definition) is 2. The first-order valence-corrected chi connectivity index (χ1v) is 10.3. The SMILES string of the molecule is Cc1cc(C(=O)NC2(C(=O)O)CCCCC2)ccc1OCc1ccc(Cl)cc1Cl. The van der Waals surface area contributed by atoms with Crippen molar-refractivity contribution in [3.63, 3.8) is 0 Å². The minimum absolute atomic E-state index is 0.268. The predicted octanol–water partition coefficient (Wildman–Crippen LogP) is 5.40. The van der Waals surface area contributed by atoms with Gasteiger partial charge in [0.2, 0.25) is 0 Å². The molecule has 2 aromatic carbocycles. The molecule has 5 nitrogen and oxygen atoms in total. The number of carboxylic acids is 1. The van der Waals surface area contributed by atoms with Crippen LogP contribution in [0.1, 0.15) is 53.6 Å². The Balaban J connectivity index is 1.69. The van der Waals surface area contributed by atoms with Crippen molar-refractivity contribution in [2.75, 3.05) is 0 Å². The van der Waals surface area contributed by atoms with Crippen molar-refractivity contribution in [2.45, 2.75) is 51.2 Å². The van der Waals surface area contributed by atoms with Crippen LogP contribution < -0.4 is 10.1 Å². The number of aryl methyl sites for hydroxylation is 1. The van der Waals surface area contributed by atoms with E-state index in [2.05, 4.69) is 5.32 Å². The highest BCUT2D eigenvalue weighted by molar-refractivity contribution is 6.35. The normalized spacial score (nSPS) is 15.6. The zero-order valence-electron chi connectivity index (χ0n) is 16.1. The van der Waals surface area contributed by atoms with Gasteiger partial charge in [-0.3, -0.25) is 4.79 Å². The molecule has 0 saturated heterocycles. The molecule has 1 amide bonds. The van der Waals surface area contributed by atoms with E-state index >= 15 is 0 Å². The lowest BCUT2D eigenvalue weighted by molar-refractivity contribution is -0.145. The van der Waals surface area contributed by atoms with Gasteiger partial charge in [0, 0.05) is 21.2 Å². The molecular weight excluding hydrogens is 413 g/mol. The fraction of sp³-hybridized carbons (Fsp3) is 0.364. The molecule has 0 radical (unpaired) electrons. The number of carboxylic acid groups (broad SMARTS) is 1. The first-order chi connectivity index (χ1) is 13.8. The Morgan fingerprint density at radius 3 is 2.45 bits per heavy atom. The van der Waals surface area contributed by atoms with E-state index in [9.17, 15) is 14.7 Å². The number of carbonyl (C=O) groups excluding carboxylic acids is 1. The number of amides is 1. The van der Waals surface area contributed by atoms with Crippen molar-refractivity contribution in [3.05, 3.63) is 63.1 Å². The second kappa shape index (κ2) is 9.06. The molecule has 0 aliphatic heterocycles. The number of nitrogens with one attached hydrogen (secondary N) is 1. The van der Waals surface area contributed by atoms with Gasteiger partial charge in [0.25, 0.3) is 5.91 Å². The summed E-state index contributed by atoms with van der Waals surface area (Å²) >= 11 is 12.1. The van der Waals surface area contributed by atoms with E-state index in [1.807, 2.05) is 6.92 Å². The Kier molecular flexibility index (Phi) is 6.70. The van der Waals surface area contributed by atoms with E-state index in [0.717, 1.165) is 30.4 Å². The lowest BCUT2D eigenvalue weighted by Crippen LogP contribution is -2.55. The summed E-state index contributed by atoms with van der Waals surface area (Å²) in [7, 11) is 0. The van der Waals surface area contributed by atoms with E-state index in [1.165, 1.54) is 0 Å². The highest BCUT2D eigenvalue weighted by Gasteiger charge is 2.41. The van der Waals surface area contributed by atoms with Crippen LogP contribution in [-0.4, -0.2) is 22.5 Å². The van der Waals surface area contributed by atoms with Gasteiger partial charge in [-0.2, -0.15) is 0 Å². The second-order valence-electron chi connectivity index (χ2n) is 7.41. The number of ether oxygens (including phenoxy) is 1. The summed E-state index contributed by atoms with van der Waals surface area (Å²) < 4.78 is 5.83. The van der Waals surface area contributed by atoms with Gasteiger partial charge < -0.3 is 15.2 Å². The van der Waals surface area contributed by atoms with Gasteiger partial charge in [0.1, 0.15) is 17.9 Å². The first kappa shape index (κ1) is 21.5. The van der Waals surface area contributed by atoms with Gasteiger partial charge in [0.15, 0.2) is 0 Å². The van der Waals surface area contributed by atoms with Gasteiger partial charge in [-0.25, -0.2) is 4.79 Å². The summed E-state index contributed by atoms with van der Waals surface area (Å²) in [6.07, 6.45) is 3.50. The lowest BCUT2D eigenvalue weighted by Gasteiger charge is -2.34. The summed E-state index contributed by atoms with van der Waals surface area (Å²) in [6.45, 7) is 2.10. The van der Waals surface area contributed by atoms with E-state index in [0.29, 0.717) is 34.2 Å². The minimum Gasteiger partial charge on any atom is -0.489 e. The van der Waals surface area contributed by atoms with Crippen LogP contribution in [0, 0.1) is 6.92 Å². The monoisotopic (exact) mass is 435 g/mol. The number of benzene rings is 2. The molecule has 0 bridgehead atoms. The fourth-order valence-electron chi connectivity index (χ4n) is 3.58. The largest absolute Gasteiger partial charge is 0.489 e. The zero-order valence-corrected chi connectivity index (χ0v) is 17.6. The highest BCUT2D eigenvalue weighted by atomic mass is 35.5. The molecular formula is C22H23Cl2NO4. The molecule has 0 aromatic heterocycles. The average molecular weight is 436 g/mol. The Hall–Kier alpha value is -2.24. The molecule has 0 spiro atoms. The van der Waals surface area contributed by atoms with Crippen molar-refractivity contribution < 1.29 is 19.4 Å². The topological polar surface area (TPSA) is 75.6 Å². The van der Waals surface area contributed by atoms with Gasteiger partial charge >= 0.3 is 5.97 Å². The number of aliphatic carboxylic acids is 1. The summed E-state index contributed by atoms with van der Waals surface area (Å²) in [5, 5.41) is 13.5. The zero-order chi connectivity index (χ0) is 21.0. The van der Waals surface area contributed by atoms with E-state index < -0.39 is 11.5 Å². The van der Waals surface area contributed by atoms with Gasteiger partial charge in [0.05, 0.1) is 0 Å². The van der Waals surface area contributed by atoms with Crippen molar-refractivity contribution in [1.82, 2.24) is 5.32 Å². The number of halogens is 2. The lowest BCUT2D eigenvalue weighted by atomic mass is 9.81. The third-order valence-corrected chi connectivity index (χ3v) is 5.89. The van der Waals surface area contributed by atoms with Crippen LogP contribution in [0.5, 0.6) is 5.75 Å². The number of carbonyl (C=O) groups is 2. The third-order valence-electron chi connectivity index (χ3n) is 5.30. The van der Waals surface area contributed by atoms with Crippen LogP contribution in [0.3, 0.4) is 0 Å². The summed E-state index contributed by atoms with van der Waals surface area (Å²) in [4.78, 5) is 24.5. The molecule has 154 valence electrons. The third kappa shape index (κ3) is 5.03. The molecule has 29 heavy (non-hydrogen) atoms. The molecule has 2 N–H and O–H groups in total. The van der Waals surface area contributed by atoms with Crippen molar-refractivity contribution in [3.8, 4) is 5.75 Å². The maximum atomic E-state index is 12.7.